The third-order valence-electron chi connectivity index (χ3n) is 4.84. The normalized spacial score (nSPS) is 14.2. The summed E-state index contributed by atoms with van der Waals surface area (Å²) in [5, 5.41) is 6.60. The van der Waals surface area contributed by atoms with Gasteiger partial charge in [-0.15, -0.1) is 0 Å². The van der Waals surface area contributed by atoms with E-state index in [1.165, 1.54) is 5.69 Å². The first-order chi connectivity index (χ1) is 13.6. The molecule has 0 aliphatic carbocycles. The number of benzene rings is 1. The highest BCUT2D eigenvalue weighted by molar-refractivity contribution is 6.05. The van der Waals surface area contributed by atoms with Crippen LogP contribution in [-0.2, 0) is 0 Å². The summed E-state index contributed by atoms with van der Waals surface area (Å²) in [6, 6.07) is 10.4. The van der Waals surface area contributed by atoms with Crippen LogP contribution >= 0.6 is 0 Å². The second-order valence-electron chi connectivity index (χ2n) is 6.73. The smallest absolute Gasteiger partial charge is 0.261 e. The van der Waals surface area contributed by atoms with Crippen LogP contribution in [0.5, 0.6) is 0 Å². The maximum absolute atomic E-state index is 12.4. The van der Waals surface area contributed by atoms with Gasteiger partial charge in [-0.05, 0) is 26.0 Å². The molecule has 28 heavy (non-hydrogen) atoms. The van der Waals surface area contributed by atoms with Crippen molar-refractivity contribution < 1.29 is 9.32 Å². The molecule has 1 aliphatic rings. The van der Waals surface area contributed by atoms with Crippen molar-refractivity contribution in [2.75, 3.05) is 41.3 Å². The summed E-state index contributed by atoms with van der Waals surface area (Å²) < 4.78 is 5.04. The lowest BCUT2D eigenvalue weighted by molar-refractivity contribution is 0.102. The van der Waals surface area contributed by atoms with E-state index < -0.39 is 0 Å². The molecule has 4 rings (SSSR count). The van der Waals surface area contributed by atoms with Crippen LogP contribution < -0.4 is 15.1 Å². The van der Waals surface area contributed by atoms with Gasteiger partial charge in [0.15, 0.2) is 0 Å². The zero-order valence-corrected chi connectivity index (χ0v) is 15.9. The van der Waals surface area contributed by atoms with Crippen LogP contribution in [0.4, 0.5) is 17.3 Å². The third kappa shape index (κ3) is 3.66. The molecule has 1 N–H and O–H groups in total. The monoisotopic (exact) mass is 378 g/mol. The molecule has 0 radical (unpaired) electrons. The Balaban J connectivity index is 1.37. The summed E-state index contributed by atoms with van der Waals surface area (Å²) in [7, 11) is 0. The Labute approximate surface area is 163 Å². The zero-order valence-electron chi connectivity index (χ0n) is 15.9. The minimum atomic E-state index is -0.274. The van der Waals surface area contributed by atoms with E-state index in [1.807, 2.05) is 6.07 Å². The van der Waals surface area contributed by atoms with E-state index in [0.29, 0.717) is 28.7 Å². The molecule has 3 heterocycles. The van der Waals surface area contributed by atoms with Gasteiger partial charge >= 0.3 is 0 Å². The first kappa shape index (κ1) is 18.0. The maximum atomic E-state index is 12.4. The van der Waals surface area contributed by atoms with Gasteiger partial charge in [-0.1, -0.05) is 23.4 Å². The van der Waals surface area contributed by atoms with Gasteiger partial charge in [0.2, 0.25) is 5.95 Å². The Morgan fingerprint density at radius 1 is 1.00 bits per heavy atom. The lowest BCUT2D eigenvalue weighted by atomic mass is 10.2. The number of nitrogens with zero attached hydrogens (tertiary/aromatic N) is 5. The number of aromatic nitrogens is 3. The number of hydrogen-bond donors (Lipinski definition) is 1. The SMILES string of the molecule is Cc1noc(C)c1C(=O)Nc1cnc(N2CCN(c3ccccc3)CC2)nc1. The number of carbonyl (C=O) groups is 1. The fourth-order valence-electron chi connectivity index (χ4n) is 3.35. The van der Waals surface area contributed by atoms with Crippen molar-refractivity contribution >= 4 is 23.2 Å². The number of para-hydroxylation sites is 1. The van der Waals surface area contributed by atoms with Crippen molar-refractivity contribution in [3.05, 3.63) is 59.7 Å². The van der Waals surface area contributed by atoms with Crippen LogP contribution in [0, 0.1) is 13.8 Å². The van der Waals surface area contributed by atoms with Crippen molar-refractivity contribution in [3.63, 3.8) is 0 Å². The molecule has 0 unspecified atom stereocenters. The van der Waals surface area contributed by atoms with Gasteiger partial charge in [-0.25, -0.2) is 9.97 Å². The average molecular weight is 378 g/mol. The van der Waals surface area contributed by atoms with Gasteiger partial charge in [0.1, 0.15) is 11.3 Å². The molecule has 1 saturated heterocycles. The number of hydrogen-bond acceptors (Lipinski definition) is 7. The number of nitrogens with one attached hydrogen (secondary N) is 1. The molecular formula is C20H22N6O2. The van der Waals surface area contributed by atoms with Crippen molar-refractivity contribution in [1.29, 1.82) is 0 Å². The van der Waals surface area contributed by atoms with Crippen LogP contribution in [0.3, 0.4) is 0 Å². The summed E-state index contributed by atoms with van der Waals surface area (Å²) >= 11 is 0. The predicted molar refractivity (Wildman–Crippen MR) is 107 cm³/mol. The Bertz CT molecular complexity index is 927. The van der Waals surface area contributed by atoms with Crippen LogP contribution in [0.25, 0.3) is 0 Å². The highest BCUT2D eigenvalue weighted by atomic mass is 16.5. The van der Waals surface area contributed by atoms with Crippen LogP contribution in [0.1, 0.15) is 21.8 Å². The first-order valence-corrected chi connectivity index (χ1v) is 9.23. The molecule has 0 bridgehead atoms. The second kappa shape index (κ2) is 7.67. The van der Waals surface area contributed by atoms with E-state index in [-0.39, 0.29) is 5.91 Å². The Morgan fingerprint density at radius 3 is 2.25 bits per heavy atom. The van der Waals surface area contributed by atoms with E-state index in [2.05, 4.69) is 54.5 Å². The molecule has 1 fully saturated rings. The van der Waals surface area contributed by atoms with Crippen LogP contribution in [-0.4, -0.2) is 47.2 Å². The predicted octanol–water partition coefficient (Wildman–Crippen LogP) is 2.66. The number of rotatable bonds is 4. The van der Waals surface area contributed by atoms with Gasteiger partial charge in [-0.2, -0.15) is 0 Å². The molecule has 8 heteroatoms. The van der Waals surface area contributed by atoms with Gasteiger partial charge in [0.05, 0.1) is 23.8 Å². The minimum Gasteiger partial charge on any atom is -0.368 e. The summed E-state index contributed by atoms with van der Waals surface area (Å²) in [6.45, 7) is 6.97. The summed E-state index contributed by atoms with van der Waals surface area (Å²) in [5.74, 6) is 0.885. The summed E-state index contributed by atoms with van der Waals surface area (Å²) in [6.07, 6.45) is 3.25. The Kier molecular flexibility index (Phi) is 4.92. The molecule has 0 atom stereocenters. The molecular weight excluding hydrogens is 356 g/mol. The number of amides is 1. The number of carbonyl (C=O) groups excluding carboxylic acids is 1. The zero-order chi connectivity index (χ0) is 19.5. The molecule has 1 amide bonds. The van der Waals surface area contributed by atoms with Gasteiger partial charge in [0.25, 0.3) is 5.91 Å². The molecule has 2 aromatic heterocycles. The number of anilines is 3. The van der Waals surface area contributed by atoms with Crippen molar-refractivity contribution in [3.8, 4) is 0 Å². The fraction of sp³-hybridized carbons (Fsp3) is 0.300. The largest absolute Gasteiger partial charge is 0.368 e. The van der Waals surface area contributed by atoms with Gasteiger partial charge < -0.3 is 19.6 Å². The molecule has 0 saturated carbocycles. The first-order valence-electron chi connectivity index (χ1n) is 9.23. The molecule has 8 nitrogen and oxygen atoms in total. The Morgan fingerprint density at radius 2 is 1.64 bits per heavy atom. The highest BCUT2D eigenvalue weighted by Gasteiger charge is 2.20. The topological polar surface area (TPSA) is 87.4 Å². The average Bonchev–Trinajstić information content (AvgIpc) is 3.07. The van der Waals surface area contributed by atoms with Crippen molar-refractivity contribution in [2.24, 2.45) is 0 Å². The molecule has 1 aromatic carbocycles. The van der Waals surface area contributed by atoms with Crippen molar-refractivity contribution in [1.82, 2.24) is 15.1 Å². The molecule has 3 aromatic rings. The van der Waals surface area contributed by atoms with E-state index >= 15 is 0 Å². The lowest BCUT2D eigenvalue weighted by Crippen LogP contribution is -2.47. The van der Waals surface area contributed by atoms with Crippen LogP contribution in [0.2, 0.25) is 0 Å². The Hall–Kier alpha value is -3.42. The standard InChI is InChI=1S/C20H22N6O2/c1-14-18(15(2)28-24-14)19(27)23-16-12-21-20(22-13-16)26-10-8-25(9-11-26)17-6-4-3-5-7-17/h3-7,12-13H,8-11H2,1-2H3,(H,23,27). The van der Waals surface area contributed by atoms with Crippen molar-refractivity contribution in [2.45, 2.75) is 13.8 Å². The molecule has 0 spiro atoms. The van der Waals surface area contributed by atoms with Crippen LogP contribution in [0.15, 0.2) is 47.2 Å². The van der Waals surface area contributed by atoms with E-state index in [0.717, 1.165) is 26.2 Å². The third-order valence-corrected chi connectivity index (χ3v) is 4.84. The van der Waals surface area contributed by atoms with E-state index in [9.17, 15) is 4.79 Å². The molecule has 1 aliphatic heterocycles. The van der Waals surface area contributed by atoms with E-state index in [1.54, 1.807) is 26.2 Å². The second-order valence-corrected chi connectivity index (χ2v) is 6.73. The lowest BCUT2D eigenvalue weighted by Gasteiger charge is -2.36. The highest BCUT2D eigenvalue weighted by Crippen LogP contribution is 2.19. The summed E-state index contributed by atoms with van der Waals surface area (Å²) in [4.78, 5) is 25.7. The summed E-state index contributed by atoms with van der Waals surface area (Å²) in [5.41, 5.74) is 2.78. The quantitative estimate of drug-likeness (QED) is 0.747. The molecule has 144 valence electrons. The van der Waals surface area contributed by atoms with Gasteiger partial charge in [-0.3, -0.25) is 4.79 Å². The van der Waals surface area contributed by atoms with E-state index in [4.69, 9.17) is 4.52 Å². The maximum Gasteiger partial charge on any atom is 0.261 e. The minimum absolute atomic E-state index is 0.274. The van der Waals surface area contributed by atoms with Gasteiger partial charge in [0, 0.05) is 31.9 Å². The number of aryl methyl sites for hydroxylation is 2. The fourth-order valence-corrected chi connectivity index (χ4v) is 3.35. The number of piperazine rings is 1.